The maximum absolute atomic E-state index is 13.2. The number of carbonyl (C=O) groups is 1. The third-order valence-electron chi connectivity index (χ3n) is 7.76. The number of nitro benzene ring substituents is 1. The Hall–Kier alpha value is -4.57. The first-order chi connectivity index (χ1) is 21.8. The first-order valence-electron chi connectivity index (χ1n) is 14.4. The third kappa shape index (κ3) is 6.91. The Kier molecular flexibility index (Phi) is 8.93. The molecule has 45 heavy (non-hydrogen) atoms. The van der Waals surface area contributed by atoms with Crippen molar-refractivity contribution < 1.29 is 37.1 Å². The Bertz CT molecular complexity index is 1810. The molecule has 4 heterocycles. The van der Waals surface area contributed by atoms with Crippen LogP contribution in [-0.4, -0.2) is 85.8 Å². The largest absolute Gasteiger partial charge is 0.485 e. The number of H-pyrrole nitrogens is 1. The van der Waals surface area contributed by atoms with Gasteiger partial charge in [0.15, 0.2) is 5.75 Å². The normalized spacial score (nSPS) is 18.0. The predicted octanol–water partition coefficient (Wildman–Crippen LogP) is 3.64. The van der Waals surface area contributed by atoms with Crippen LogP contribution in [0.25, 0.3) is 11.0 Å². The van der Waals surface area contributed by atoms with Gasteiger partial charge in [-0.3, -0.25) is 19.8 Å². The van der Waals surface area contributed by atoms with Gasteiger partial charge in [0.25, 0.3) is 15.9 Å². The number of nitrogens with zero attached hydrogens (tertiary/aromatic N) is 3. The van der Waals surface area contributed by atoms with E-state index in [0.29, 0.717) is 50.4 Å². The Morgan fingerprint density at radius 3 is 2.73 bits per heavy atom. The number of fused-ring (bicyclic) bond motifs is 1. The van der Waals surface area contributed by atoms with Crippen LogP contribution in [0.3, 0.4) is 0 Å². The summed E-state index contributed by atoms with van der Waals surface area (Å²) in [4.78, 5) is 33.5. The van der Waals surface area contributed by atoms with E-state index >= 15 is 0 Å². The molecule has 1 unspecified atom stereocenters. The maximum Gasteiger partial charge on any atom is 0.312 e. The minimum atomic E-state index is -4.52. The van der Waals surface area contributed by atoms with Gasteiger partial charge in [0.05, 0.1) is 40.8 Å². The zero-order valence-electron chi connectivity index (χ0n) is 24.1. The topological polar surface area (TPSA) is 175 Å². The molecule has 0 spiro atoms. The lowest BCUT2D eigenvalue weighted by molar-refractivity contribution is -0.386. The van der Waals surface area contributed by atoms with Crippen molar-refractivity contribution in [2.45, 2.75) is 29.8 Å². The molecule has 2 aromatic carbocycles. The Labute approximate surface area is 258 Å². The number of aromatic nitrogens is 2. The van der Waals surface area contributed by atoms with Gasteiger partial charge in [-0.2, -0.15) is 0 Å². The van der Waals surface area contributed by atoms with Crippen molar-refractivity contribution in [1.29, 1.82) is 0 Å². The van der Waals surface area contributed by atoms with Crippen molar-refractivity contribution >= 4 is 32.7 Å². The molecule has 2 fully saturated rings. The summed E-state index contributed by atoms with van der Waals surface area (Å²) in [6, 6.07) is 13.1. The van der Waals surface area contributed by atoms with Gasteiger partial charge in [0, 0.05) is 43.4 Å². The summed E-state index contributed by atoms with van der Waals surface area (Å²) in [5.41, 5.74) is 0.0504. The number of benzene rings is 2. The summed E-state index contributed by atoms with van der Waals surface area (Å²) in [6.07, 6.45) is 4.96. The fourth-order valence-corrected chi connectivity index (χ4v) is 6.49. The molecule has 15 heteroatoms. The van der Waals surface area contributed by atoms with Crippen LogP contribution in [0, 0.1) is 10.1 Å². The van der Waals surface area contributed by atoms with Crippen LogP contribution in [0.15, 0.2) is 71.9 Å². The Morgan fingerprint density at radius 1 is 1.09 bits per heavy atom. The van der Waals surface area contributed by atoms with E-state index in [1.54, 1.807) is 24.4 Å². The van der Waals surface area contributed by atoms with Crippen LogP contribution in [0.5, 0.6) is 17.2 Å². The lowest BCUT2D eigenvalue weighted by Crippen LogP contribution is -2.54. The zero-order valence-corrected chi connectivity index (χ0v) is 24.9. The van der Waals surface area contributed by atoms with E-state index in [-0.39, 0.29) is 29.7 Å². The summed E-state index contributed by atoms with van der Waals surface area (Å²) < 4.78 is 51.3. The minimum absolute atomic E-state index is 0.0616. The number of pyridine rings is 1. The molecule has 2 aromatic heterocycles. The molecular weight excluding hydrogens is 606 g/mol. The van der Waals surface area contributed by atoms with Gasteiger partial charge >= 0.3 is 5.69 Å². The maximum atomic E-state index is 13.2. The number of nitro groups is 1. The quantitative estimate of drug-likeness (QED) is 0.192. The van der Waals surface area contributed by atoms with E-state index in [1.165, 1.54) is 24.4 Å². The third-order valence-corrected chi connectivity index (χ3v) is 9.09. The van der Waals surface area contributed by atoms with Gasteiger partial charge in [0.2, 0.25) is 0 Å². The lowest BCUT2D eigenvalue weighted by Gasteiger charge is -2.42. The fourth-order valence-electron chi connectivity index (χ4n) is 5.51. The molecule has 2 aliphatic heterocycles. The average molecular weight is 638 g/mol. The highest BCUT2D eigenvalue weighted by Crippen LogP contribution is 2.32. The number of morpholine rings is 1. The van der Waals surface area contributed by atoms with Crippen molar-refractivity contribution in [3.8, 4) is 17.2 Å². The molecule has 1 amide bonds. The lowest BCUT2D eigenvalue weighted by atomic mass is 10.0. The van der Waals surface area contributed by atoms with Crippen molar-refractivity contribution in [3.05, 3.63) is 82.7 Å². The molecule has 0 saturated carbocycles. The van der Waals surface area contributed by atoms with Gasteiger partial charge in [0.1, 0.15) is 23.8 Å². The highest BCUT2D eigenvalue weighted by atomic mass is 32.2. The Morgan fingerprint density at radius 2 is 1.91 bits per heavy atom. The molecule has 14 nitrogen and oxygen atoms in total. The van der Waals surface area contributed by atoms with Gasteiger partial charge < -0.3 is 23.9 Å². The monoisotopic (exact) mass is 637 g/mol. The summed E-state index contributed by atoms with van der Waals surface area (Å²) in [6.45, 7) is 3.17. The number of sulfonamides is 1. The molecule has 0 bridgehead atoms. The Balaban J connectivity index is 1.16. The molecular formula is C30H31N5O9S. The number of ether oxygens (including phenoxy) is 4. The molecule has 2 saturated heterocycles. The zero-order chi connectivity index (χ0) is 31.4. The van der Waals surface area contributed by atoms with Crippen molar-refractivity contribution in [3.63, 3.8) is 0 Å². The number of hydrogen-bond donors (Lipinski definition) is 2. The summed E-state index contributed by atoms with van der Waals surface area (Å²) in [7, 11) is -4.52. The number of nitrogens with one attached hydrogen (secondary N) is 2. The van der Waals surface area contributed by atoms with Crippen molar-refractivity contribution in [1.82, 2.24) is 19.6 Å². The SMILES string of the molecule is O=C(NS(=O)(=O)c1ccc(OCC2COCCN2C2CCOCC2)c([N+](=O)[O-])c1)c1ccccc1Oc1cnc2[nH]ccc2c1. The second-order valence-electron chi connectivity index (χ2n) is 10.6. The molecule has 2 aliphatic rings. The van der Waals surface area contributed by atoms with Crippen LogP contribution in [0.1, 0.15) is 23.2 Å². The molecule has 2 N–H and O–H groups in total. The molecule has 4 aromatic rings. The number of rotatable bonds is 10. The molecule has 0 radical (unpaired) electrons. The average Bonchev–Trinajstić information content (AvgIpc) is 3.52. The van der Waals surface area contributed by atoms with Crippen LogP contribution in [0.4, 0.5) is 5.69 Å². The van der Waals surface area contributed by atoms with Gasteiger partial charge in [-0.25, -0.2) is 18.1 Å². The molecule has 0 aliphatic carbocycles. The van der Waals surface area contributed by atoms with E-state index in [1.807, 2.05) is 10.8 Å². The predicted molar refractivity (Wildman–Crippen MR) is 161 cm³/mol. The summed E-state index contributed by atoms with van der Waals surface area (Å²) >= 11 is 0. The highest BCUT2D eigenvalue weighted by molar-refractivity contribution is 7.90. The van der Waals surface area contributed by atoms with Crippen molar-refractivity contribution in [2.24, 2.45) is 0 Å². The van der Waals surface area contributed by atoms with Crippen LogP contribution >= 0.6 is 0 Å². The molecule has 236 valence electrons. The molecule has 6 rings (SSSR count). The van der Waals surface area contributed by atoms with Crippen LogP contribution in [-0.2, 0) is 19.5 Å². The van der Waals surface area contributed by atoms with Crippen molar-refractivity contribution in [2.75, 3.05) is 39.6 Å². The van der Waals surface area contributed by atoms with Gasteiger partial charge in [-0.1, -0.05) is 12.1 Å². The number of amides is 1. The van der Waals surface area contributed by atoms with E-state index < -0.39 is 31.4 Å². The second-order valence-corrected chi connectivity index (χ2v) is 12.3. The first-order valence-corrected chi connectivity index (χ1v) is 15.9. The standard InChI is InChI=1S/C30H31N5O9S/c36-30(25-3-1-2-4-27(25)44-23-15-20-7-10-31-29(20)32-17-23)33-45(39,40)24-5-6-28(26(16-24)35(37)38)43-19-22-18-42-14-11-34(22)21-8-12-41-13-9-21/h1-7,10,15-17,21-22H,8-9,11-14,18-19H2,(H,31,32)(H,33,36). The first kappa shape index (κ1) is 30.5. The molecule has 1 atom stereocenters. The van der Waals surface area contributed by atoms with Gasteiger partial charge in [-0.05, 0) is 49.2 Å². The fraction of sp³-hybridized carbons (Fsp3) is 0.333. The summed E-state index contributed by atoms with van der Waals surface area (Å²) in [5, 5.41) is 12.7. The smallest absolute Gasteiger partial charge is 0.312 e. The number of carbonyl (C=O) groups excluding carboxylic acids is 1. The van der Waals surface area contributed by atoms with E-state index in [9.17, 15) is 23.3 Å². The van der Waals surface area contributed by atoms with E-state index in [2.05, 4.69) is 14.9 Å². The van der Waals surface area contributed by atoms with Crippen LogP contribution < -0.4 is 14.2 Å². The number of hydrogen-bond acceptors (Lipinski definition) is 11. The minimum Gasteiger partial charge on any atom is -0.485 e. The number of para-hydroxylation sites is 1. The van der Waals surface area contributed by atoms with E-state index in [0.717, 1.165) is 30.4 Å². The summed E-state index contributed by atoms with van der Waals surface area (Å²) in [5.74, 6) is -0.630. The second kappa shape index (κ2) is 13.2. The van der Waals surface area contributed by atoms with Gasteiger partial charge in [-0.15, -0.1) is 0 Å². The highest BCUT2D eigenvalue weighted by Gasteiger charge is 2.32. The van der Waals surface area contributed by atoms with Crippen LogP contribution in [0.2, 0.25) is 0 Å². The number of aromatic amines is 1. The van der Waals surface area contributed by atoms with E-state index in [4.69, 9.17) is 18.9 Å².